The van der Waals surface area contributed by atoms with Gasteiger partial charge in [0.2, 0.25) is 0 Å². The van der Waals surface area contributed by atoms with Gasteiger partial charge in [0.05, 0.1) is 13.2 Å². The number of halogens is 2. The van der Waals surface area contributed by atoms with Crippen molar-refractivity contribution in [3.8, 4) is 5.75 Å². The summed E-state index contributed by atoms with van der Waals surface area (Å²) in [5.41, 5.74) is 2.18. The minimum Gasteiger partial charge on any atom is -0.488 e. The largest absolute Gasteiger partial charge is 0.488 e. The minimum absolute atomic E-state index is 0.176. The van der Waals surface area contributed by atoms with Gasteiger partial charge in [-0.1, -0.05) is 39.7 Å². The fourth-order valence-electron chi connectivity index (χ4n) is 1.94. The molecule has 3 N–H and O–H groups in total. The van der Waals surface area contributed by atoms with E-state index < -0.39 is 0 Å². The molecule has 0 aliphatic heterocycles. The molecule has 0 radical (unpaired) electrons. The summed E-state index contributed by atoms with van der Waals surface area (Å²) in [5.74, 6) is 0.863. The van der Waals surface area contributed by atoms with Gasteiger partial charge in [-0.05, 0) is 35.9 Å². The van der Waals surface area contributed by atoms with Crippen LogP contribution in [0.2, 0.25) is 5.02 Å². The quantitative estimate of drug-likeness (QED) is 0.735. The molecular weight excluding hydrogens is 354 g/mol. The molecule has 3 nitrogen and oxygen atoms in total. The van der Waals surface area contributed by atoms with Gasteiger partial charge in [0.1, 0.15) is 18.9 Å². The maximum atomic E-state index is 8.86. The maximum absolute atomic E-state index is 8.86. The Hall–Kier alpha value is -1.07. The van der Waals surface area contributed by atoms with Crippen molar-refractivity contribution in [2.45, 2.75) is 13.2 Å². The number of ether oxygens (including phenoxy) is 1. The summed E-state index contributed by atoms with van der Waals surface area (Å²) < 4.78 is 6.92. The number of aliphatic hydroxyl groups is 1. The van der Waals surface area contributed by atoms with Gasteiger partial charge >= 0.3 is 0 Å². The van der Waals surface area contributed by atoms with Crippen LogP contribution in [0.25, 0.3) is 0 Å². The standard InChI is InChI=1S/C16H17BrClNO2/c17-14-3-6-16(13(9-14)10-19-7-8-20)21-11-12-1-4-15(18)5-2-12/h1-6,9,19-20H,7-8,10-11H2/p+1. The molecule has 0 fully saturated rings. The van der Waals surface area contributed by atoms with Crippen LogP contribution in [0, 0.1) is 0 Å². The lowest BCUT2D eigenvalue weighted by Gasteiger charge is -2.11. The van der Waals surface area contributed by atoms with E-state index in [0.717, 1.165) is 32.9 Å². The summed E-state index contributed by atoms with van der Waals surface area (Å²) in [6, 6.07) is 13.6. The highest BCUT2D eigenvalue weighted by molar-refractivity contribution is 9.10. The molecule has 2 rings (SSSR count). The van der Waals surface area contributed by atoms with Crippen LogP contribution in [-0.2, 0) is 13.2 Å². The number of benzene rings is 2. The molecule has 0 heterocycles. The molecular formula is C16H18BrClNO2+. The van der Waals surface area contributed by atoms with Crippen LogP contribution in [0.4, 0.5) is 0 Å². The fraction of sp³-hybridized carbons (Fsp3) is 0.250. The Bertz CT molecular complexity index is 575. The van der Waals surface area contributed by atoms with Crippen molar-refractivity contribution in [1.29, 1.82) is 0 Å². The zero-order chi connectivity index (χ0) is 15.1. The van der Waals surface area contributed by atoms with E-state index in [9.17, 15) is 0 Å². The average molecular weight is 372 g/mol. The highest BCUT2D eigenvalue weighted by Gasteiger charge is 2.07. The first-order valence-electron chi connectivity index (χ1n) is 6.77. The molecule has 0 aromatic heterocycles. The minimum atomic E-state index is 0.176. The van der Waals surface area contributed by atoms with Crippen molar-refractivity contribution < 1.29 is 15.2 Å². The molecule has 0 atom stereocenters. The second-order valence-corrected chi connectivity index (χ2v) is 6.02. The molecule has 2 aromatic rings. The van der Waals surface area contributed by atoms with Gasteiger partial charge in [-0.25, -0.2) is 0 Å². The molecule has 0 amide bonds. The van der Waals surface area contributed by atoms with Crippen molar-refractivity contribution >= 4 is 27.5 Å². The number of hydrogen-bond acceptors (Lipinski definition) is 2. The molecule has 0 unspecified atom stereocenters. The summed E-state index contributed by atoms with van der Waals surface area (Å²) in [7, 11) is 0. The number of rotatable bonds is 7. The van der Waals surface area contributed by atoms with Gasteiger partial charge in [0, 0.05) is 15.1 Å². The predicted octanol–water partition coefficient (Wildman–Crippen LogP) is 2.74. The van der Waals surface area contributed by atoms with E-state index in [0.29, 0.717) is 13.2 Å². The third-order valence-electron chi connectivity index (χ3n) is 3.03. The predicted molar refractivity (Wildman–Crippen MR) is 87.5 cm³/mol. The Kier molecular flexibility index (Phi) is 6.51. The molecule has 5 heteroatoms. The Labute approximate surface area is 138 Å². The number of aliphatic hydroxyl groups excluding tert-OH is 1. The van der Waals surface area contributed by atoms with Crippen molar-refractivity contribution in [3.05, 3.63) is 63.1 Å². The van der Waals surface area contributed by atoms with Crippen LogP contribution in [-0.4, -0.2) is 18.3 Å². The van der Waals surface area contributed by atoms with E-state index in [-0.39, 0.29) is 6.61 Å². The summed E-state index contributed by atoms with van der Waals surface area (Å²) in [6.07, 6.45) is 0. The van der Waals surface area contributed by atoms with Crippen LogP contribution in [0.3, 0.4) is 0 Å². The highest BCUT2D eigenvalue weighted by Crippen LogP contribution is 2.23. The lowest BCUT2D eigenvalue weighted by atomic mass is 10.2. The Morgan fingerprint density at radius 3 is 2.62 bits per heavy atom. The molecule has 0 saturated heterocycles. The summed E-state index contributed by atoms with van der Waals surface area (Å²) in [4.78, 5) is 0. The molecule has 2 aromatic carbocycles. The van der Waals surface area contributed by atoms with E-state index in [2.05, 4.69) is 21.2 Å². The Balaban J connectivity index is 2.02. The van der Waals surface area contributed by atoms with E-state index in [1.54, 1.807) is 0 Å². The number of nitrogens with two attached hydrogens (primary N) is 1. The third kappa shape index (κ3) is 5.32. The molecule has 112 valence electrons. The van der Waals surface area contributed by atoms with Crippen LogP contribution < -0.4 is 10.1 Å². The van der Waals surface area contributed by atoms with Gasteiger partial charge in [-0.15, -0.1) is 0 Å². The Morgan fingerprint density at radius 2 is 1.90 bits per heavy atom. The lowest BCUT2D eigenvalue weighted by Crippen LogP contribution is -2.83. The first-order valence-corrected chi connectivity index (χ1v) is 7.94. The van der Waals surface area contributed by atoms with Gasteiger partial charge in [-0.3, -0.25) is 0 Å². The summed E-state index contributed by atoms with van der Waals surface area (Å²) >= 11 is 9.35. The smallest absolute Gasteiger partial charge is 0.128 e. The number of quaternary nitrogens is 1. The molecule has 0 saturated carbocycles. The van der Waals surface area contributed by atoms with Crippen LogP contribution in [0.15, 0.2) is 46.9 Å². The van der Waals surface area contributed by atoms with Gasteiger partial charge in [0.15, 0.2) is 0 Å². The molecule has 0 bridgehead atoms. The molecule has 21 heavy (non-hydrogen) atoms. The average Bonchev–Trinajstić information content (AvgIpc) is 2.48. The second-order valence-electron chi connectivity index (χ2n) is 4.67. The van der Waals surface area contributed by atoms with E-state index in [1.807, 2.05) is 42.5 Å². The summed E-state index contributed by atoms with van der Waals surface area (Å²) in [5, 5.41) is 11.6. The van der Waals surface area contributed by atoms with Crippen LogP contribution in [0.5, 0.6) is 5.75 Å². The first-order chi connectivity index (χ1) is 10.2. The molecule has 0 aliphatic carbocycles. The lowest BCUT2D eigenvalue weighted by molar-refractivity contribution is -0.671. The maximum Gasteiger partial charge on any atom is 0.128 e. The normalized spacial score (nSPS) is 10.6. The van der Waals surface area contributed by atoms with Crippen molar-refractivity contribution in [2.24, 2.45) is 0 Å². The topological polar surface area (TPSA) is 46.1 Å². The van der Waals surface area contributed by atoms with E-state index in [4.69, 9.17) is 21.4 Å². The SMILES string of the molecule is OCC[NH2+]Cc1cc(Br)ccc1OCc1ccc(Cl)cc1. The summed E-state index contributed by atoms with van der Waals surface area (Å²) in [6.45, 7) is 2.14. The molecule has 0 spiro atoms. The zero-order valence-corrected chi connectivity index (χ0v) is 13.9. The molecule has 0 aliphatic rings. The van der Waals surface area contributed by atoms with Crippen molar-refractivity contribution in [1.82, 2.24) is 0 Å². The van der Waals surface area contributed by atoms with Crippen LogP contribution >= 0.6 is 27.5 Å². The van der Waals surface area contributed by atoms with Gasteiger partial charge in [0.25, 0.3) is 0 Å². The van der Waals surface area contributed by atoms with Crippen molar-refractivity contribution in [2.75, 3.05) is 13.2 Å². The van der Waals surface area contributed by atoms with Crippen LogP contribution in [0.1, 0.15) is 11.1 Å². The zero-order valence-electron chi connectivity index (χ0n) is 11.6. The monoisotopic (exact) mass is 370 g/mol. The van der Waals surface area contributed by atoms with E-state index in [1.165, 1.54) is 0 Å². The van der Waals surface area contributed by atoms with Crippen molar-refractivity contribution in [3.63, 3.8) is 0 Å². The van der Waals surface area contributed by atoms with E-state index >= 15 is 0 Å². The third-order valence-corrected chi connectivity index (χ3v) is 3.77. The van der Waals surface area contributed by atoms with Gasteiger partial charge < -0.3 is 15.2 Å². The Morgan fingerprint density at radius 1 is 1.14 bits per heavy atom. The second kappa shape index (κ2) is 8.39. The fourth-order valence-corrected chi connectivity index (χ4v) is 2.47. The first kappa shape index (κ1) is 16.3. The number of hydrogen-bond donors (Lipinski definition) is 2. The van der Waals surface area contributed by atoms with Gasteiger partial charge in [-0.2, -0.15) is 0 Å². The highest BCUT2D eigenvalue weighted by atomic mass is 79.9.